The summed E-state index contributed by atoms with van der Waals surface area (Å²) in [5, 5.41) is 0. The maximum Gasteiger partial charge on any atom is 0.421 e. The fourth-order valence-electron chi connectivity index (χ4n) is 2.86. The van der Waals surface area contributed by atoms with E-state index < -0.39 is 23.4 Å². The molecular weight excluding hydrogens is 455 g/mol. The number of aromatic nitrogens is 2. The van der Waals surface area contributed by atoms with Crippen LogP contribution in [0.4, 0.5) is 18.0 Å². The molecule has 0 fully saturated rings. The van der Waals surface area contributed by atoms with Crippen molar-refractivity contribution in [1.29, 1.82) is 0 Å². The van der Waals surface area contributed by atoms with Gasteiger partial charge in [0.05, 0.1) is 12.2 Å². The third-order valence-electron chi connectivity index (χ3n) is 4.08. The minimum atomic E-state index is -4.60. The summed E-state index contributed by atoms with van der Waals surface area (Å²) >= 11 is 2.93. The second kappa shape index (κ2) is 7.81. The van der Waals surface area contributed by atoms with Crippen LogP contribution < -0.4 is 4.74 Å². The van der Waals surface area contributed by atoms with Gasteiger partial charge in [0.15, 0.2) is 0 Å². The van der Waals surface area contributed by atoms with Gasteiger partial charge in [0.1, 0.15) is 23.2 Å². The highest BCUT2D eigenvalue weighted by atomic mass is 79.9. The fraction of sp³-hybridized carbons (Fsp3) is 0.421. The Morgan fingerprint density at radius 3 is 2.59 bits per heavy atom. The summed E-state index contributed by atoms with van der Waals surface area (Å²) in [6.07, 6.45) is -3.54. The first kappa shape index (κ1) is 21.4. The number of nitrogens with zero attached hydrogens (tertiary/aromatic N) is 3. The summed E-state index contributed by atoms with van der Waals surface area (Å²) in [4.78, 5) is 22.0. The summed E-state index contributed by atoms with van der Waals surface area (Å²) in [6.45, 7) is 5.79. The lowest BCUT2D eigenvalue weighted by molar-refractivity contribution is -0.139. The van der Waals surface area contributed by atoms with Crippen LogP contribution in [0.5, 0.6) is 11.6 Å². The Kier molecular flexibility index (Phi) is 5.75. The van der Waals surface area contributed by atoms with Crippen LogP contribution in [0.2, 0.25) is 0 Å². The standard InChI is InChI=1S/C19H19BrF3N3O3/c1-18(2,3)29-17(27)26-8-7-11-13(9-26)24-10-25-16(11)28-14-6-4-5-12(20)15(14)19(21,22)23/h4-6,10H,7-9H2,1-3H3. The monoisotopic (exact) mass is 473 g/mol. The van der Waals surface area contributed by atoms with E-state index in [9.17, 15) is 18.0 Å². The van der Waals surface area contributed by atoms with Crippen LogP contribution in [-0.4, -0.2) is 33.1 Å². The minimum absolute atomic E-state index is 0.0439. The third kappa shape index (κ3) is 4.98. The Labute approximate surface area is 174 Å². The summed E-state index contributed by atoms with van der Waals surface area (Å²) < 4.78 is 51.1. The quantitative estimate of drug-likeness (QED) is 0.588. The predicted molar refractivity (Wildman–Crippen MR) is 102 cm³/mol. The number of hydrogen-bond acceptors (Lipinski definition) is 5. The number of benzene rings is 1. The largest absolute Gasteiger partial charge is 0.444 e. The molecule has 1 amide bonds. The summed E-state index contributed by atoms with van der Waals surface area (Å²) in [5.41, 5.74) is -0.471. The Morgan fingerprint density at radius 1 is 1.21 bits per heavy atom. The summed E-state index contributed by atoms with van der Waals surface area (Å²) in [5.74, 6) is -0.315. The lowest BCUT2D eigenvalue weighted by Crippen LogP contribution is -2.40. The van der Waals surface area contributed by atoms with Gasteiger partial charge in [-0.1, -0.05) is 22.0 Å². The highest BCUT2D eigenvalue weighted by Crippen LogP contribution is 2.43. The maximum absolute atomic E-state index is 13.4. The molecule has 6 nitrogen and oxygen atoms in total. The summed E-state index contributed by atoms with van der Waals surface area (Å²) in [6, 6.07) is 3.98. The van der Waals surface area contributed by atoms with Gasteiger partial charge in [0, 0.05) is 16.6 Å². The van der Waals surface area contributed by atoms with Gasteiger partial charge in [0.2, 0.25) is 5.88 Å². The second-order valence-corrected chi connectivity index (χ2v) is 8.32. The Hall–Kier alpha value is -2.36. The van der Waals surface area contributed by atoms with E-state index in [1.807, 2.05) is 0 Å². The van der Waals surface area contributed by atoms with E-state index in [0.29, 0.717) is 24.2 Å². The van der Waals surface area contributed by atoms with Gasteiger partial charge in [-0.15, -0.1) is 0 Å². The van der Waals surface area contributed by atoms with Gasteiger partial charge in [0.25, 0.3) is 0 Å². The molecule has 2 heterocycles. The lowest BCUT2D eigenvalue weighted by Gasteiger charge is -2.31. The molecule has 0 N–H and O–H groups in total. The van der Waals surface area contributed by atoms with Crippen molar-refractivity contribution in [1.82, 2.24) is 14.9 Å². The van der Waals surface area contributed by atoms with Crippen LogP contribution in [-0.2, 0) is 23.9 Å². The average Bonchev–Trinajstić information content (AvgIpc) is 2.59. The van der Waals surface area contributed by atoms with E-state index in [1.165, 1.54) is 29.4 Å². The number of carbonyl (C=O) groups excluding carboxylic acids is 1. The molecule has 29 heavy (non-hydrogen) atoms. The molecule has 0 saturated carbocycles. The molecule has 0 aliphatic carbocycles. The molecule has 156 valence electrons. The van der Waals surface area contributed by atoms with Crippen molar-refractivity contribution in [3.63, 3.8) is 0 Å². The molecule has 0 bridgehead atoms. The Morgan fingerprint density at radius 2 is 1.93 bits per heavy atom. The van der Waals surface area contributed by atoms with E-state index in [0.717, 1.165) is 0 Å². The molecule has 2 aromatic rings. The van der Waals surface area contributed by atoms with E-state index in [1.54, 1.807) is 20.8 Å². The topological polar surface area (TPSA) is 64.5 Å². The molecule has 0 radical (unpaired) electrons. The van der Waals surface area contributed by atoms with Crippen molar-refractivity contribution in [2.45, 2.75) is 45.5 Å². The molecule has 1 aliphatic rings. The molecule has 3 rings (SSSR count). The molecule has 1 aromatic carbocycles. The molecule has 10 heteroatoms. The van der Waals surface area contributed by atoms with Crippen molar-refractivity contribution < 1.29 is 27.4 Å². The number of halogens is 4. The smallest absolute Gasteiger partial charge is 0.421 e. The van der Waals surface area contributed by atoms with Crippen molar-refractivity contribution >= 4 is 22.0 Å². The van der Waals surface area contributed by atoms with Gasteiger partial charge in [-0.2, -0.15) is 13.2 Å². The number of hydrogen-bond donors (Lipinski definition) is 0. The Balaban J connectivity index is 1.87. The predicted octanol–water partition coefficient (Wildman–Crippen LogP) is 5.34. The lowest BCUT2D eigenvalue weighted by atomic mass is 10.1. The molecule has 0 atom stereocenters. The highest BCUT2D eigenvalue weighted by molar-refractivity contribution is 9.10. The SMILES string of the molecule is CC(C)(C)OC(=O)N1CCc2c(ncnc2Oc2cccc(Br)c2C(F)(F)F)C1. The maximum atomic E-state index is 13.4. The van der Waals surface area contributed by atoms with E-state index in [-0.39, 0.29) is 22.6 Å². The van der Waals surface area contributed by atoms with Crippen LogP contribution >= 0.6 is 15.9 Å². The van der Waals surface area contributed by atoms with Gasteiger partial charge in [-0.25, -0.2) is 14.8 Å². The van der Waals surface area contributed by atoms with E-state index >= 15 is 0 Å². The van der Waals surface area contributed by atoms with Crippen molar-refractivity contribution in [3.8, 4) is 11.6 Å². The van der Waals surface area contributed by atoms with Gasteiger partial charge in [-0.05, 0) is 39.3 Å². The highest BCUT2D eigenvalue weighted by Gasteiger charge is 2.37. The minimum Gasteiger partial charge on any atom is -0.444 e. The van der Waals surface area contributed by atoms with Gasteiger partial charge < -0.3 is 14.4 Å². The van der Waals surface area contributed by atoms with Crippen molar-refractivity contribution in [3.05, 3.63) is 45.8 Å². The number of rotatable bonds is 2. The van der Waals surface area contributed by atoms with Crippen LogP contribution in [0.15, 0.2) is 29.0 Å². The fourth-order valence-corrected chi connectivity index (χ4v) is 3.44. The van der Waals surface area contributed by atoms with E-state index in [4.69, 9.17) is 9.47 Å². The van der Waals surface area contributed by atoms with E-state index in [2.05, 4.69) is 25.9 Å². The van der Waals surface area contributed by atoms with Gasteiger partial charge >= 0.3 is 12.3 Å². The van der Waals surface area contributed by atoms with Crippen molar-refractivity contribution in [2.24, 2.45) is 0 Å². The zero-order valence-electron chi connectivity index (χ0n) is 16.0. The van der Waals surface area contributed by atoms with Crippen LogP contribution in [0.3, 0.4) is 0 Å². The van der Waals surface area contributed by atoms with Crippen LogP contribution in [0.1, 0.15) is 37.6 Å². The normalized spacial score (nSPS) is 14.4. The first-order chi connectivity index (χ1) is 13.5. The number of alkyl halides is 3. The average molecular weight is 474 g/mol. The van der Waals surface area contributed by atoms with Gasteiger partial charge in [-0.3, -0.25) is 0 Å². The molecular formula is C19H19BrF3N3O3. The molecule has 0 unspecified atom stereocenters. The van der Waals surface area contributed by atoms with Crippen molar-refractivity contribution in [2.75, 3.05) is 6.54 Å². The Bertz CT molecular complexity index is 929. The molecule has 1 aliphatic heterocycles. The zero-order chi connectivity index (χ0) is 21.4. The number of ether oxygens (including phenoxy) is 2. The molecule has 0 saturated heterocycles. The first-order valence-corrected chi connectivity index (χ1v) is 9.59. The second-order valence-electron chi connectivity index (χ2n) is 7.47. The molecule has 0 spiro atoms. The number of fused-ring (bicyclic) bond motifs is 1. The number of carbonyl (C=O) groups is 1. The first-order valence-electron chi connectivity index (χ1n) is 8.80. The number of amides is 1. The molecule has 1 aromatic heterocycles. The van der Waals surface area contributed by atoms with Crippen LogP contribution in [0.25, 0.3) is 0 Å². The summed E-state index contributed by atoms with van der Waals surface area (Å²) in [7, 11) is 0. The zero-order valence-corrected chi connectivity index (χ0v) is 17.6. The van der Waals surface area contributed by atoms with Crippen LogP contribution in [0, 0.1) is 0 Å². The third-order valence-corrected chi connectivity index (χ3v) is 4.75.